The van der Waals surface area contributed by atoms with Gasteiger partial charge in [-0.1, -0.05) is 12.1 Å². The smallest absolute Gasteiger partial charge is 0.253 e. The Kier molecular flexibility index (Phi) is 4.94. The Labute approximate surface area is 158 Å². The number of nitrogens with zero attached hydrogens (tertiary/aromatic N) is 3. The van der Waals surface area contributed by atoms with Crippen molar-refractivity contribution in [1.82, 2.24) is 25.3 Å². The van der Waals surface area contributed by atoms with Crippen molar-refractivity contribution in [3.8, 4) is 11.3 Å². The Morgan fingerprint density at radius 3 is 2.81 bits per heavy atom. The maximum Gasteiger partial charge on any atom is 0.253 e. The largest absolute Gasteiger partial charge is 0.355 e. The molecule has 0 spiro atoms. The molecular weight excluding hydrogens is 342 g/mol. The van der Waals surface area contributed by atoms with E-state index in [2.05, 4.69) is 27.5 Å². The van der Waals surface area contributed by atoms with Crippen molar-refractivity contribution in [3.63, 3.8) is 0 Å². The van der Waals surface area contributed by atoms with Crippen molar-refractivity contribution in [1.29, 1.82) is 0 Å². The van der Waals surface area contributed by atoms with Crippen molar-refractivity contribution in [3.05, 3.63) is 42.1 Å². The molecule has 0 radical (unpaired) electrons. The molecule has 0 aliphatic carbocycles. The number of likely N-dealkylation sites (tertiary alicyclic amines) is 2. The van der Waals surface area contributed by atoms with Crippen LogP contribution in [0.15, 0.2) is 36.5 Å². The van der Waals surface area contributed by atoms with Crippen LogP contribution in [0, 0.1) is 11.8 Å². The molecule has 27 heavy (non-hydrogen) atoms. The van der Waals surface area contributed by atoms with Gasteiger partial charge in [0.15, 0.2) is 0 Å². The number of carbonyl (C=O) groups is 2. The first-order valence-electron chi connectivity index (χ1n) is 9.45. The fraction of sp³-hybridized carbons (Fsp3) is 0.450. The summed E-state index contributed by atoms with van der Waals surface area (Å²) in [5.74, 6) is 0.489. The normalized spacial score (nSPS) is 20.5. The van der Waals surface area contributed by atoms with Crippen LogP contribution in [0.3, 0.4) is 0 Å². The topological polar surface area (TPSA) is 81.3 Å². The fourth-order valence-electron chi connectivity index (χ4n) is 3.81. The summed E-state index contributed by atoms with van der Waals surface area (Å²) in [4.78, 5) is 29.0. The van der Waals surface area contributed by atoms with Crippen molar-refractivity contribution in [2.24, 2.45) is 11.8 Å². The highest BCUT2D eigenvalue weighted by molar-refractivity contribution is 5.97. The van der Waals surface area contributed by atoms with E-state index in [1.54, 1.807) is 11.1 Å². The van der Waals surface area contributed by atoms with E-state index >= 15 is 0 Å². The first-order chi connectivity index (χ1) is 13.1. The molecule has 2 amide bonds. The fourth-order valence-corrected chi connectivity index (χ4v) is 3.81. The molecule has 2 fully saturated rings. The Hall–Kier alpha value is -2.67. The summed E-state index contributed by atoms with van der Waals surface area (Å²) in [6.45, 7) is 3.86. The summed E-state index contributed by atoms with van der Waals surface area (Å²) >= 11 is 0. The molecule has 142 valence electrons. The zero-order valence-corrected chi connectivity index (χ0v) is 15.5. The second-order valence-electron chi connectivity index (χ2n) is 7.62. The molecule has 1 aromatic carbocycles. The average molecular weight is 367 g/mol. The second-order valence-corrected chi connectivity index (χ2v) is 7.62. The first kappa shape index (κ1) is 17.7. The van der Waals surface area contributed by atoms with Crippen LogP contribution in [0.1, 0.15) is 16.8 Å². The molecule has 2 aliphatic heterocycles. The minimum absolute atomic E-state index is 0.0298. The molecule has 0 saturated carbocycles. The van der Waals surface area contributed by atoms with Crippen LogP contribution in [-0.4, -0.2) is 71.6 Å². The lowest BCUT2D eigenvalue weighted by molar-refractivity contribution is -0.129. The highest BCUT2D eigenvalue weighted by Crippen LogP contribution is 2.23. The van der Waals surface area contributed by atoms with Crippen molar-refractivity contribution >= 4 is 11.8 Å². The SMILES string of the molecule is CN1CCC(CNC(=O)C2CN(C(=O)c3cccc(-c4ccn[nH]4)c3)C2)C1. The molecule has 4 rings (SSSR count). The summed E-state index contributed by atoms with van der Waals surface area (Å²) in [5.41, 5.74) is 2.44. The Bertz CT molecular complexity index is 814. The molecule has 7 nitrogen and oxygen atoms in total. The van der Waals surface area contributed by atoms with Gasteiger partial charge in [-0.05, 0) is 44.1 Å². The molecule has 7 heteroatoms. The number of nitrogens with one attached hydrogen (secondary N) is 2. The van der Waals surface area contributed by atoms with Gasteiger partial charge in [-0.2, -0.15) is 5.10 Å². The van der Waals surface area contributed by atoms with Gasteiger partial charge >= 0.3 is 0 Å². The summed E-state index contributed by atoms with van der Waals surface area (Å²) in [7, 11) is 2.11. The molecule has 1 aromatic heterocycles. The average Bonchev–Trinajstić information content (AvgIpc) is 3.30. The predicted molar refractivity (Wildman–Crippen MR) is 102 cm³/mol. The lowest BCUT2D eigenvalue weighted by Gasteiger charge is -2.38. The molecule has 2 N–H and O–H groups in total. The predicted octanol–water partition coefficient (Wildman–Crippen LogP) is 1.22. The summed E-state index contributed by atoms with van der Waals surface area (Å²) in [6.07, 6.45) is 2.82. The van der Waals surface area contributed by atoms with Gasteiger partial charge in [0.05, 0.1) is 11.6 Å². The van der Waals surface area contributed by atoms with E-state index < -0.39 is 0 Å². The van der Waals surface area contributed by atoms with E-state index in [4.69, 9.17) is 0 Å². The van der Waals surface area contributed by atoms with Crippen LogP contribution in [0.4, 0.5) is 0 Å². The lowest BCUT2D eigenvalue weighted by atomic mass is 9.97. The van der Waals surface area contributed by atoms with E-state index in [-0.39, 0.29) is 17.7 Å². The summed E-state index contributed by atoms with van der Waals surface area (Å²) < 4.78 is 0. The molecule has 1 atom stereocenters. The monoisotopic (exact) mass is 367 g/mol. The van der Waals surface area contributed by atoms with Crippen LogP contribution in [0.25, 0.3) is 11.3 Å². The van der Waals surface area contributed by atoms with Crippen LogP contribution in [-0.2, 0) is 4.79 Å². The Morgan fingerprint density at radius 2 is 2.11 bits per heavy atom. The summed E-state index contributed by atoms with van der Waals surface area (Å²) in [6, 6.07) is 9.35. The molecular formula is C20H25N5O2. The molecule has 2 aliphatic rings. The van der Waals surface area contributed by atoms with Crippen LogP contribution >= 0.6 is 0 Å². The zero-order valence-electron chi connectivity index (χ0n) is 15.5. The van der Waals surface area contributed by atoms with Crippen LogP contribution in [0.2, 0.25) is 0 Å². The number of carbonyl (C=O) groups excluding carboxylic acids is 2. The molecule has 3 heterocycles. The highest BCUT2D eigenvalue weighted by atomic mass is 16.2. The van der Waals surface area contributed by atoms with Gasteiger partial charge in [0.2, 0.25) is 5.91 Å². The molecule has 2 saturated heterocycles. The molecule has 0 bridgehead atoms. The maximum absolute atomic E-state index is 12.7. The van der Waals surface area contributed by atoms with E-state index in [1.165, 1.54) is 0 Å². The van der Waals surface area contributed by atoms with Gasteiger partial charge in [0.25, 0.3) is 5.91 Å². The third kappa shape index (κ3) is 3.88. The Morgan fingerprint density at radius 1 is 1.26 bits per heavy atom. The third-order valence-electron chi connectivity index (χ3n) is 5.51. The van der Waals surface area contributed by atoms with E-state index in [9.17, 15) is 9.59 Å². The van der Waals surface area contributed by atoms with Gasteiger partial charge < -0.3 is 15.1 Å². The number of aromatic amines is 1. The van der Waals surface area contributed by atoms with Gasteiger partial charge in [0, 0.05) is 43.5 Å². The minimum Gasteiger partial charge on any atom is -0.355 e. The summed E-state index contributed by atoms with van der Waals surface area (Å²) in [5, 5.41) is 9.91. The van der Waals surface area contributed by atoms with Crippen LogP contribution in [0.5, 0.6) is 0 Å². The lowest BCUT2D eigenvalue weighted by Crippen LogP contribution is -2.56. The standard InChI is InChI=1S/C20H25N5O2/c1-24-8-6-14(11-24)10-21-19(26)17-12-25(13-17)20(27)16-4-2-3-15(9-16)18-5-7-22-23-18/h2-5,7,9,14,17H,6,8,10-13H2,1H3,(H,21,26)(H,22,23). The van der Waals surface area contributed by atoms with E-state index in [0.29, 0.717) is 24.6 Å². The van der Waals surface area contributed by atoms with Gasteiger partial charge in [-0.25, -0.2) is 0 Å². The number of rotatable bonds is 5. The van der Waals surface area contributed by atoms with Crippen LogP contribution < -0.4 is 5.32 Å². The highest BCUT2D eigenvalue weighted by Gasteiger charge is 2.36. The molecule has 2 aromatic rings. The van der Waals surface area contributed by atoms with Crippen molar-refractivity contribution < 1.29 is 9.59 Å². The van der Waals surface area contributed by atoms with E-state index in [1.807, 2.05) is 30.3 Å². The second kappa shape index (κ2) is 7.52. The quantitative estimate of drug-likeness (QED) is 0.833. The molecule has 1 unspecified atom stereocenters. The number of hydrogen-bond donors (Lipinski definition) is 2. The zero-order chi connectivity index (χ0) is 18.8. The maximum atomic E-state index is 12.7. The number of benzene rings is 1. The van der Waals surface area contributed by atoms with Crippen molar-refractivity contribution in [2.45, 2.75) is 6.42 Å². The number of amides is 2. The Balaban J connectivity index is 1.28. The van der Waals surface area contributed by atoms with Crippen molar-refractivity contribution in [2.75, 3.05) is 39.8 Å². The third-order valence-corrected chi connectivity index (χ3v) is 5.51. The first-order valence-corrected chi connectivity index (χ1v) is 9.45. The number of hydrogen-bond acceptors (Lipinski definition) is 4. The number of H-pyrrole nitrogens is 1. The van der Waals surface area contributed by atoms with Gasteiger partial charge in [0.1, 0.15) is 0 Å². The van der Waals surface area contributed by atoms with E-state index in [0.717, 1.165) is 37.3 Å². The van der Waals surface area contributed by atoms with Gasteiger partial charge in [-0.3, -0.25) is 14.7 Å². The number of aromatic nitrogens is 2. The minimum atomic E-state index is -0.0936. The van der Waals surface area contributed by atoms with Gasteiger partial charge in [-0.15, -0.1) is 0 Å².